The lowest BCUT2D eigenvalue weighted by Crippen LogP contribution is -2.26. The Labute approximate surface area is 134 Å². The van der Waals surface area contributed by atoms with Crippen LogP contribution in [0.1, 0.15) is 23.0 Å². The SMILES string of the molecule is Cc1cccc2nc(CNC(CO)c3ccccc3)cc(=O)n12. The van der Waals surface area contributed by atoms with Gasteiger partial charge in [0, 0.05) is 18.3 Å². The number of pyridine rings is 1. The van der Waals surface area contributed by atoms with Gasteiger partial charge in [0.2, 0.25) is 0 Å². The van der Waals surface area contributed by atoms with Gasteiger partial charge in [-0.3, -0.25) is 9.20 Å². The Kier molecular flexibility index (Phi) is 4.50. The molecule has 1 unspecified atom stereocenters. The molecule has 5 nitrogen and oxygen atoms in total. The quantitative estimate of drug-likeness (QED) is 0.754. The number of aliphatic hydroxyl groups excluding tert-OH is 1. The first-order valence-electron chi connectivity index (χ1n) is 7.56. The molecular weight excluding hydrogens is 290 g/mol. The second-order valence-electron chi connectivity index (χ2n) is 5.47. The van der Waals surface area contributed by atoms with Crippen LogP contribution < -0.4 is 10.9 Å². The molecule has 0 aliphatic heterocycles. The van der Waals surface area contributed by atoms with Crippen LogP contribution in [0.25, 0.3) is 5.65 Å². The Hall–Kier alpha value is -2.50. The molecule has 0 amide bonds. The van der Waals surface area contributed by atoms with Gasteiger partial charge in [-0.05, 0) is 24.6 Å². The summed E-state index contributed by atoms with van der Waals surface area (Å²) in [5.74, 6) is 0. The Bertz CT molecular complexity index is 859. The molecule has 2 aromatic heterocycles. The van der Waals surface area contributed by atoms with Crippen molar-refractivity contribution in [3.05, 3.63) is 81.9 Å². The van der Waals surface area contributed by atoms with Crippen LogP contribution in [0.15, 0.2) is 59.4 Å². The molecule has 0 spiro atoms. The fourth-order valence-corrected chi connectivity index (χ4v) is 2.66. The molecule has 0 radical (unpaired) electrons. The molecule has 1 atom stereocenters. The summed E-state index contributed by atoms with van der Waals surface area (Å²) in [5, 5.41) is 12.8. The van der Waals surface area contributed by atoms with Crippen molar-refractivity contribution < 1.29 is 5.11 Å². The van der Waals surface area contributed by atoms with Gasteiger partial charge < -0.3 is 10.4 Å². The van der Waals surface area contributed by atoms with Crippen molar-refractivity contribution in [3.63, 3.8) is 0 Å². The third-order valence-corrected chi connectivity index (χ3v) is 3.85. The van der Waals surface area contributed by atoms with E-state index in [0.29, 0.717) is 17.9 Å². The second kappa shape index (κ2) is 6.73. The number of nitrogens with one attached hydrogen (secondary N) is 1. The molecule has 0 aliphatic rings. The predicted octanol–water partition coefficient (Wildman–Crippen LogP) is 1.83. The third-order valence-electron chi connectivity index (χ3n) is 3.85. The standard InChI is InChI=1S/C18H19N3O2/c1-13-6-5-9-17-20-15(10-18(23)21(13)17)11-19-16(12-22)14-7-3-2-4-8-14/h2-10,16,19,22H,11-12H2,1H3. The molecule has 5 heteroatoms. The smallest absolute Gasteiger partial charge is 0.258 e. The molecule has 118 valence electrons. The second-order valence-corrected chi connectivity index (χ2v) is 5.47. The zero-order valence-electron chi connectivity index (χ0n) is 12.9. The molecule has 23 heavy (non-hydrogen) atoms. The molecule has 2 N–H and O–H groups in total. The van der Waals surface area contributed by atoms with E-state index < -0.39 is 0 Å². The maximum Gasteiger partial charge on any atom is 0.258 e. The molecule has 2 heterocycles. The minimum atomic E-state index is -0.186. The van der Waals surface area contributed by atoms with Gasteiger partial charge in [-0.1, -0.05) is 36.4 Å². The van der Waals surface area contributed by atoms with Gasteiger partial charge >= 0.3 is 0 Å². The number of aliphatic hydroxyl groups is 1. The highest BCUT2D eigenvalue weighted by molar-refractivity contribution is 5.40. The summed E-state index contributed by atoms with van der Waals surface area (Å²) < 4.78 is 1.59. The van der Waals surface area contributed by atoms with Gasteiger partial charge in [0.05, 0.1) is 18.3 Å². The van der Waals surface area contributed by atoms with Gasteiger partial charge in [-0.2, -0.15) is 0 Å². The van der Waals surface area contributed by atoms with E-state index in [9.17, 15) is 9.90 Å². The number of hydrogen-bond donors (Lipinski definition) is 2. The molecule has 0 saturated carbocycles. The summed E-state index contributed by atoms with van der Waals surface area (Å²) in [6.45, 7) is 2.28. The molecular formula is C18H19N3O2. The van der Waals surface area contributed by atoms with Crippen LogP contribution in [0.4, 0.5) is 0 Å². The zero-order chi connectivity index (χ0) is 16.2. The summed E-state index contributed by atoms with van der Waals surface area (Å²) in [6, 6.07) is 16.7. The van der Waals surface area contributed by atoms with E-state index >= 15 is 0 Å². The molecule has 0 bridgehead atoms. The van der Waals surface area contributed by atoms with E-state index in [2.05, 4.69) is 10.3 Å². The summed E-state index contributed by atoms with van der Waals surface area (Å²) in [7, 11) is 0. The van der Waals surface area contributed by atoms with Crippen molar-refractivity contribution in [2.75, 3.05) is 6.61 Å². The van der Waals surface area contributed by atoms with E-state index in [1.54, 1.807) is 4.40 Å². The van der Waals surface area contributed by atoms with Gasteiger partial charge in [0.25, 0.3) is 5.56 Å². The highest BCUT2D eigenvalue weighted by Crippen LogP contribution is 2.12. The molecule has 0 fully saturated rings. The Balaban J connectivity index is 1.83. The van der Waals surface area contributed by atoms with E-state index in [4.69, 9.17) is 0 Å². The number of rotatable bonds is 5. The molecule has 0 saturated heterocycles. The van der Waals surface area contributed by atoms with Crippen molar-refractivity contribution in [3.8, 4) is 0 Å². The topological polar surface area (TPSA) is 66.6 Å². The van der Waals surface area contributed by atoms with Crippen LogP contribution in [0.3, 0.4) is 0 Å². The van der Waals surface area contributed by atoms with Gasteiger partial charge in [0.1, 0.15) is 5.65 Å². The molecule has 3 aromatic rings. The average Bonchev–Trinajstić information content (AvgIpc) is 2.56. The van der Waals surface area contributed by atoms with Gasteiger partial charge in [0.15, 0.2) is 0 Å². The van der Waals surface area contributed by atoms with E-state index in [1.165, 1.54) is 6.07 Å². The third kappa shape index (κ3) is 3.31. The average molecular weight is 309 g/mol. The van der Waals surface area contributed by atoms with Crippen molar-refractivity contribution in [2.24, 2.45) is 0 Å². The Morgan fingerprint density at radius 2 is 1.96 bits per heavy atom. The van der Waals surface area contributed by atoms with Gasteiger partial charge in [-0.25, -0.2) is 4.98 Å². The first kappa shape index (κ1) is 15.4. The number of benzene rings is 1. The normalized spacial score (nSPS) is 12.4. The minimum Gasteiger partial charge on any atom is -0.394 e. The monoisotopic (exact) mass is 309 g/mol. The lowest BCUT2D eigenvalue weighted by molar-refractivity contribution is 0.243. The Morgan fingerprint density at radius 3 is 2.70 bits per heavy atom. The first-order valence-corrected chi connectivity index (χ1v) is 7.56. The summed E-state index contributed by atoms with van der Waals surface area (Å²) >= 11 is 0. The maximum absolute atomic E-state index is 12.3. The van der Waals surface area contributed by atoms with Crippen LogP contribution in [0.5, 0.6) is 0 Å². The van der Waals surface area contributed by atoms with Crippen LogP contribution in [0, 0.1) is 6.92 Å². The van der Waals surface area contributed by atoms with Crippen molar-refractivity contribution in [2.45, 2.75) is 19.5 Å². The number of aryl methyl sites for hydroxylation is 1. The largest absolute Gasteiger partial charge is 0.394 e. The van der Waals surface area contributed by atoms with E-state index in [0.717, 1.165) is 11.3 Å². The van der Waals surface area contributed by atoms with Crippen LogP contribution in [-0.4, -0.2) is 21.1 Å². The number of aromatic nitrogens is 2. The zero-order valence-corrected chi connectivity index (χ0v) is 12.9. The summed E-state index contributed by atoms with van der Waals surface area (Å²) in [4.78, 5) is 16.8. The van der Waals surface area contributed by atoms with E-state index in [1.807, 2.05) is 55.5 Å². The van der Waals surface area contributed by atoms with Crippen molar-refractivity contribution in [1.82, 2.24) is 14.7 Å². The Morgan fingerprint density at radius 1 is 1.17 bits per heavy atom. The maximum atomic E-state index is 12.3. The molecule has 1 aromatic carbocycles. The number of hydrogen-bond acceptors (Lipinski definition) is 4. The first-order chi connectivity index (χ1) is 11.2. The van der Waals surface area contributed by atoms with Gasteiger partial charge in [-0.15, -0.1) is 0 Å². The highest BCUT2D eigenvalue weighted by Gasteiger charge is 2.10. The van der Waals surface area contributed by atoms with Crippen LogP contribution in [0.2, 0.25) is 0 Å². The van der Waals surface area contributed by atoms with Crippen molar-refractivity contribution >= 4 is 5.65 Å². The van der Waals surface area contributed by atoms with Crippen LogP contribution >= 0.6 is 0 Å². The predicted molar refractivity (Wildman–Crippen MR) is 89.3 cm³/mol. The number of fused-ring (bicyclic) bond motifs is 1. The number of nitrogens with zero attached hydrogens (tertiary/aromatic N) is 2. The highest BCUT2D eigenvalue weighted by atomic mass is 16.3. The minimum absolute atomic E-state index is 0.0182. The summed E-state index contributed by atoms with van der Waals surface area (Å²) in [6.07, 6.45) is 0. The fraction of sp³-hybridized carbons (Fsp3) is 0.222. The van der Waals surface area contributed by atoms with E-state index in [-0.39, 0.29) is 18.2 Å². The fourth-order valence-electron chi connectivity index (χ4n) is 2.66. The molecule has 3 rings (SSSR count). The lowest BCUT2D eigenvalue weighted by atomic mass is 10.1. The lowest BCUT2D eigenvalue weighted by Gasteiger charge is -2.16. The summed E-state index contributed by atoms with van der Waals surface area (Å²) in [5.41, 5.74) is 3.06. The molecule has 0 aliphatic carbocycles. The van der Waals surface area contributed by atoms with Crippen LogP contribution in [-0.2, 0) is 6.54 Å². The van der Waals surface area contributed by atoms with Crippen molar-refractivity contribution in [1.29, 1.82) is 0 Å².